The molecular weight excluding hydrogens is 244 g/mol. The van der Waals surface area contributed by atoms with Gasteiger partial charge in [-0.3, -0.25) is 9.59 Å². The van der Waals surface area contributed by atoms with E-state index in [2.05, 4.69) is 6.58 Å². The summed E-state index contributed by atoms with van der Waals surface area (Å²) in [4.78, 5) is 22.1. The summed E-state index contributed by atoms with van der Waals surface area (Å²) in [6, 6.07) is 3.25. The maximum Gasteiger partial charge on any atom is 0.308 e. The molecule has 0 aromatic heterocycles. The average molecular weight is 260 g/mol. The molecule has 0 saturated heterocycles. The van der Waals surface area contributed by atoms with Crippen LogP contribution in [0.2, 0.25) is 0 Å². The molecule has 0 bridgehead atoms. The quantitative estimate of drug-likeness (QED) is 0.616. The standard InChI is InChI=1S/C15H16O4/c1-5-7-13-9-14(18-10(3)16)12(6-2)8-15(13)19-11(4)17/h5-9H,2H2,1,3-4H3/b7-5+. The SMILES string of the molecule is C=Cc1cc(OC(C)=O)c(/C=C/C)cc1OC(C)=O. The van der Waals surface area contributed by atoms with Crippen LogP contribution < -0.4 is 9.47 Å². The molecule has 0 fully saturated rings. The van der Waals surface area contributed by atoms with Crippen LogP contribution in [0.5, 0.6) is 11.5 Å². The first-order chi connectivity index (χ1) is 8.97. The number of hydrogen-bond acceptors (Lipinski definition) is 4. The Morgan fingerprint density at radius 3 is 1.95 bits per heavy atom. The van der Waals surface area contributed by atoms with Gasteiger partial charge in [-0.25, -0.2) is 0 Å². The van der Waals surface area contributed by atoms with E-state index in [-0.39, 0.29) is 0 Å². The Morgan fingerprint density at radius 2 is 1.53 bits per heavy atom. The van der Waals surface area contributed by atoms with Crippen molar-refractivity contribution in [2.75, 3.05) is 0 Å². The van der Waals surface area contributed by atoms with Crippen LogP contribution in [0, 0.1) is 0 Å². The van der Waals surface area contributed by atoms with Crippen molar-refractivity contribution >= 4 is 24.1 Å². The molecule has 1 aromatic carbocycles. The van der Waals surface area contributed by atoms with Crippen LogP contribution in [0.15, 0.2) is 24.8 Å². The van der Waals surface area contributed by atoms with Crippen LogP contribution >= 0.6 is 0 Å². The van der Waals surface area contributed by atoms with Gasteiger partial charge in [0.15, 0.2) is 0 Å². The van der Waals surface area contributed by atoms with Crippen molar-refractivity contribution in [3.8, 4) is 11.5 Å². The fraction of sp³-hybridized carbons (Fsp3) is 0.200. The molecule has 0 radical (unpaired) electrons. The highest BCUT2D eigenvalue weighted by atomic mass is 16.5. The zero-order valence-electron chi connectivity index (χ0n) is 11.2. The van der Waals surface area contributed by atoms with E-state index in [1.807, 2.05) is 6.92 Å². The molecule has 0 aliphatic carbocycles. The van der Waals surface area contributed by atoms with Crippen LogP contribution in [-0.4, -0.2) is 11.9 Å². The van der Waals surface area contributed by atoms with E-state index in [9.17, 15) is 9.59 Å². The summed E-state index contributed by atoms with van der Waals surface area (Å²) >= 11 is 0. The number of hydrogen-bond donors (Lipinski definition) is 0. The molecule has 100 valence electrons. The monoisotopic (exact) mass is 260 g/mol. The summed E-state index contributed by atoms with van der Waals surface area (Å²) in [5.74, 6) is -0.0568. The van der Waals surface area contributed by atoms with Crippen molar-refractivity contribution < 1.29 is 19.1 Å². The zero-order chi connectivity index (χ0) is 14.4. The third-order valence-corrected chi connectivity index (χ3v) is 2.22. The summed E-state index contributed by atoms with van der Waals surface area (Å²) in [6.07, 6.45) is 5.09. The van der Waals surface area contributed by atoms with Crippen LogP contribution in [0.1, 0.15) is 31.9 Å². The predicted octanol–water partition coefficient (Wildman–Crippen LogP) is 3.21. The normalized spacial score (nSPS) is 10.3. The molecule has 0 aliphatic rings. The van der Waals surface area contributed by atoms with E-state index in [0.717, 1.165) is 0 Å². The number of benzene rings is 1. The molecule has 0 saturated carbocycles. The van der Waals surface area contributed by atoms with Gasteiger partial charge in [0.25, 0.3) is 0 Å². The van der Waals surface area contributed by atoms with E-state index >= 15 is 0 Å². The molecule has 19 heavy (non-hydrogen) atoms. The first kappa shape index (κ1) is 14.7. The lowest BCUT2D eigenvalue weighted by atomic mass is 10.1. The number of ether oxygens (including phenoxy) is 2. The van der Waals surface area contributed by atoms with Gasteiger partial charge in [-0.1, -0.05) is 24.8 Å². The summed E-state index contributed by atoms with van der Waals surface area (Å²) in [5.41, 5.74) is 1.24. The molecular formula is C15H16O4. The predicted molar refractivity (Wildman–Crippen MR) is 73.9 cm³/mol. The molecule has 0 unspecified atom stereocenters. The fourth-order valence-electron chi connectivity index (χ4n) is 1.55. The van der Waals surface area contributed by atoms with E-state index in [1.165, 1.54) is 19.9 Å². The van der Waals surface area contributed by atoms with Crippen molar-refractivity contribution in [2.45, 2.75) is 20.8 Å². The van der Waals surface area contributed by atoms with Gasteiger partial charge in [-0.05, 0) is 19.1 Å². The lowest BCUT2D eigenvalue weighted by Crippen LogP contribution is -2.06. The molecule has 0 N–H and O–H groups in total. The molecule has 0 atom stereocenters. The van der Waals surface area contributed by atoms with Crippen LogP contribution in [0.25, 0.3) is 12.2 Å². The largest absolute Gasteiger partial charge is 0.426 e. The average Bonchev–Trinajstić information content (AvgIpc) is 2.31. The van der Waals surface area contributed by atoms with E-state index < -0.39 is 11.9 Å². The van der Waals surface area contributed by atoms with Crippen molar-refractivity contribution in [1.82, 2.24) is 0 Å². The topological polar surface area (TPSA) is 52.6 Å². The molecule has 0 amide bonds. The highest BCUT2D eigenvalue weighted by molar-refractivity contribution is 5.77. The Balaban J connectivity index is 3.36. The smallest absolute Gasteiger partial charge is 0.308 e. The lowest BCUT2D eigenvalue weighted by Gasteiger charge is -2.11. The van der Waals surface area contributed by atoms with Gasteiger partial charge in [-0.15, -0.1) is 0 Å². The Bertz CT molecular complexity index is 541. The van der Waals surface area contributed by atoms with Gasteiger partial charge in [0.05, 0.1) is 0 Å². The second-order valence-electron chi connectivity index (χ2n) is 3.82. The first-order valence-electron chi connectivity index (χ1n) is 5.78. The summed E-state index contributed by atoms with van der Waals surface area (Å²) in [7, 11) is 0. The highest BCUT2D eigenvalue weighted by Gasteiger charge is 2.11. The number of allylic oxidation sites excluding steroid dienone is 1. The third kappa shape index (κ3) is 4.10. The van der Waals surface area contributed by atoms with Crippen molar-refractivity contribution in [3.63, 3.8) is 0 Å². The van der Waals surface area contributed by atoms with Gasteiger partial charge in [0.1, 0.15) is 11.5 Å². The maximum atomic E-state index is 11.1. The minimum Gasteiger partial charge on any atom is -0.426 e. The number of carbonyl (C=O) groups is 2. The van der Waals surface area contributed by atoms with Gasteiger partial charge < -0.3 is 9.47 Å². The van der Waals surface area contributed by atoms with Gasteiger partial charge in [-0.2, -0.15) is 0 Å². The van der Waals surface area contributed by atoms with Crippen molar-refractivity contribution in [3.05, 3.63) is 35.9 Å². The van der Waals surface area contributed by atoms with Gasteiger partial charge in [0, 0.05) is 25.0 Å². The first-order valence-corrected chi connectivity index (χ1v) is 5.78. The molecule has 0 spiro atoms. The number of rotatable bonds is 4. The third-order valence-electron chi connectivity index (χ3n) is 2.22. The Morgan fingerprint density at radius 1 is 1.05 bits per heavy atom. The Labute approximate surface area is 112 Å². The second kappa shape index (κ2) is 6.54. The molecule has 1 rings (SSSR count). The zero-order valence-corrected chi connectivity index (χ0v) is 11.2. The molecule has 0 heterocycles. The maximum absolute atomic E-state index is 11.1. The van der Waals surface area contributed by atoms with Gasteiger partial charge in [0.2, 0.25) is 0 Å². The molecule has 1 aromatic rings. The van der Waals surface area contributed by atoms with Crippen LogP contribution in [0.3, 0.4) is 0 Å². The van der Waals surface area contributed by atoms with E-state index in [4.69, 9.17) is 9.47 Å². The summed E-state index contributed by atoms with van der Waals surface area (Å²) < 4.78 is 10.2. The Hall–Kier alpha value is -2.36. The molecule has 4 heteroatoms. The van der Waals surface area contributed by atoms with Crippen LogP contribution in [0.4, 0.5) is 0 Å². The molecule has 0 aliphatic heterocycles. The highest BCUT2D eigenvalue weighted by Crippen LogP contribution is 2.31. The summed E-state index contributed by atoms with van der Waals surface area (Å²) in [6.45, 7) is 8.13. The number of carbonyl (C=O) groups excluding carboxylic acids is 2. The summed E-state index contributed by atoms with van der Waals surface area (Å²) in [5, 5.41) is 0. The lowest BCUT2D eigenvalue weighted by molar-refractivity contribution is -0.133. The van der Waals surface area contributed by atoms with E-state index in [1.54, 1.807) is 24.3 Å². The van der Waals surface area contributed by atoms with Crippen molar-refractivity contribution in [1.29, 1.82) is 0 Å². The fourth-order valence-corrected chi connectivity index (χ4v) is 1.55. The minimum absolute atomic E-state index is 0.381. The minimum atomic E-state index is -0.422. The second-order valence-corrected chi connectivity index (χ2v) is 3.82. The van der Waals surface area contributed by atoms with Crippen LogP contribution in [-0.2, 0) is 9.59 Å². The Kier molecular flexibility index (Phi) is 5.06. The van der Waals surface area contributed by atoms with Crippen molar-refractivity contribution in [2.24, 2.45) is 0 Å². The van der Waals surface area contributed by atoms with E-state index in [0.29, 0.717) is 22.6 Å². The number of esters is 2. The molecule has 4 nitrogen and oxygen atoms in total. The van der Waals surface area contributed by atoms with Gasteiger partial charge >= 0.3 is 11.9 Å².